The highest BCUT2D eigenvalue weighted by atomic mass is 19.1. The zero-order valence-corrected chi connectivity index (χ0v) is 16.1. The summed E-state index contributed by atoms with van der Waals surface area (Å²) in [7, 11) is 1.76. The van der Waals surface area contributed by atoms with Crippen molar-refractivity contribution in [2.45, 2.75) is 19.0 Å². The number of nitrogens with one attached hydrogen (secondary N) is 1. The smallest absolute Gasteiger partial charge is 0.158 e. The molecule has 28 heavy (non-hydrogen) atoms. The number of rotatable bonds is 3. The fraction of sp³-hybridized carbons (Fsp3) is 0.304. The van der Waals surface area contributed by atoms with E-state index in [1.165, 1.54) is 0 Å². The van der Waals surface area contributed by atoms with E-state index in [9.17, 15) is 4.39 Å². The molecule has 0 spiro atoms. The van der Waals surface area contributed by atoms with Crippen molar-refractivity contribution in [3.63, 3.8) is 0 Å². The van der Waals surface area contributed by atoms with Gasteiger partial charge in [-0.1, -0.05) is 36.9 Å². The number of nitrogens with zero attached hydrogens (tertiary/aromatic N) is 3. The van der Waals surface area contributed by atoms with E-state index >= 15 is 0 Å². The molecule has 0 unspecified atom stereocenters. The van der Waals surface area contributed by atoms with Crippen LogP contribution >= 0.6 is 0 Å². The Balaban J connectivity index is 1.70. The number of fused-ring (bicyclic) bond motifs is 1. The maximum Gasteiger partial charge on any atom is 0.158 e. The highest BCUT2D eigenvalue weighted by Crippen LogP contribution is 2.26. The molecule has 2 aromatic rings. The molecule has 2 atom stereocenters. The van der Waals surface area contributed by atoms with Crippen LogP contribution in [0.1, 0.15) is 17.7 Å². The lowest BCUT2D eigenvalue weighted by molar-refractivity contribution is 0.180. The topological polar surface area (TPSA) is 40.5 Å². The van der Waals surface area contributed by atoms with Gasteiger partial charge in [0.15, 0.2) is 5.84 Å². The van der Waals surface area contributed by atoms with Gasteiger partial charge in [-0.2, -0.15) is 0 Å². The summed E-state index contributed by atoms with van der Waals surface area (Å²) in [4.78, 5) is 11.3. The van der Waals surface area contributed by atoms with Crippen LogP contribution in [0.2, 0.25) is 0 Å². The Labute approximate surface area is 165 Å². The number of amidine groups is 1. The molecular formula is C23H25FN4. The first-order valence-electron chi connectivity index (χ1n) is 9.71. The summed E-state index contributed by atoms with van der Waals surface area (Å²) in [6, 6.07) is 10.2. The maximum absolute atomic E-state index is 14.3. The molecule has 0 bridgehead atoms. The van der Waals surface area contributed by atoms with Crippen LogP contribution in [0.4, 0.5) is 4.39 Å². The van der Waals surface area contributed by atoms with E-state index in [-0.39, 0.29) is 5.92 Å². The molecule has 2 aliphatic rings. The van der Waals surface area contributed by atoms with Crippen LogP contribution in [0.25, 0.3) is 10.9 Å². The van der Waals surface area contributed by atoms with Crippen LogP contribution in [-0.4, -0.2) is 42.0 Å². The predicted octanol–water partition coefficient (Wildman–Crippen LogP) is 4.00. The van der Waals surface area contributed by atoms with Crippen LogP contribution in [-0.2, 0) is 6.42 Å². The third kappa shape index (κ3) is 3.62. The molecule has 0 aliphatic carbocycles. The monoisotopic (exact) mass is 376 g/mol. The van der Waals surface area contributed by atoms with Gasteiger partial charge in [0.25, 0.3) is 0 Å². The fourth-order valence-corrected chi connectivity index (χ4v) is 3.92. The summed E-state index contributed by atoms with van der Waals surface area (Å²) in [5.41, 5.74) is 3.64. The van der Waals surface area contributed by atoms with Crippen molar-refractivity contribution in [3.8, 4) is 0 Å². The highest BCUT2D eigenvalue weighted by molar-refractivity contribution is 6.01. The Morgan fingerprint density at radius 3 is 3.00 bits per heavy atom. The average molecular weight is 376 g/mol. The number of hydrogen-bond donors (Lipinski definition) is 1. The van der Waals surface area contributed by atoms with Gasteiger partial charge in [0.1, 0.15) is 11.9 Å². The summed E-state index contributed by atoms with van der Waals surface area (Å²) in [5, 5.41) is 4.19. The van der Waals surface area contributed by atoms with Crippen molar-refractivity contribution in [2.75, 3.05) is 20.1 Å². The Hall–Kier alpha value is -2.79. The zero-order valence-electron chi connectivity index (χ0n) is 16.1. The molecule has 4 rings (SSSR count). The van der Waals surface area contributed by atoms with Crippen molar-refractivity contribution in [2.24, 2.45) is 10.9 Å². The number of alkyl halides is 1. The molecule has 3 heterocycles. The van der Waals surface area contributed by atoms with E-state index in [4.69, 9.17) is 4.98 Å². The molecule has 1 saturated heterocycles. The molecule has 144 valence electrons. The number of halogens is 1. The first kappa shape index (κ1) is 18.6. The zero-order chi connectivity index (χ0) is 19.5. The van der Waals surface area contributed by atoms with Crippen molar-refractivity contribution < 1.29 is 4.39 Å². The van der Waals surface area contributed by atoms with Crippen molar-refractivity contribution in [1.82, 2.24) is 15.2 Å². The third-order valence-corrected chi connectivity index (χ3v) is 5.44. The fourth-order valence-electron chi connectivity index (χ4n) is 3.92. The van der Waals surface area contributed by atoms with Crippen molar-refractivity contribution in [1.29, 1.82) is 0 Å². The maximum atomic E-state index is 14.3. The first-order valence-corrected chi connectivity index (χ1v) is 9.71. The van der Waals surface area contributed by atoms with Gasteiger partial charge in [-0.05, 0) is 49.1 Å². The molecule has 0 amide bonds. The van der Waals surface area contributed by atoms with Crippen LogP contribution in [0, 0.1) is 5.92 Å². The minimum Gasteiger partial charge on any atom is -0.314 e. The summed E-state index contributed by atoms with van der Waals surface area (Å²) >= 11 is 0. The summed E-state index contributed by atoms with van der Waals surface area (Å²) in [6.07, 6.45) is 8.52. The number of allylic oxidation sites excluding steroid dienone is 3. The first-order chi connectivity index (χ1) is 13.7. The van der Waals surface area contributed by atoms with Crippen LogP contribution in [0.5, 0.6) is 0 Å². The van der Waals surface area contributed by atoms with Gasteiger partial charge in [-0.15, -0.1) is 0 Å². The van der Waals surface area contributed by atoms with Gasteiger partial charge in [-0.25, -0.2) is 9.37 Å². The van der Waals surface area contributed by atoms with E-state index in [0.717, 1.165) is 46.7 Å². The molecule has 1 aromatic carbocycles. The number of aliphatic imine (C=N–C) groups is 1. The van der Waals surface area contributed by atoms with E-state index in [1.54, 1.807) is 7.05 Å². The summed E-state index contributed by atoms with van der Waals surface area (Å²) in [6.45, 7) is 5.40. The SMILES string of the molecule is C=C1C=CC=CN1/C(=N\C)c1ccc2cccc(C[C@H]3CCNC[C@H]3F)c2n1. The third-order valence-electron chi connectivity index (χ3n) is 5.44. The second-order valence-corrected chi connectivity index (χ2v) is 7.27. The van der Waals surface area contributed by atoms with Gasteiger partial charge in [-0.3, -0.25) is 4.99 Å². The molecule has 1 fully saturated rings. The number of hydrogen-bond acceptors (Lipinski definition) is 3. The van der Waals surface area contributed by atoms with Crippen molar-refractivity contribution in [3.05, 3.63) is 78.3 Å². The molecule has 0 saturated carbocycles. The van der Waals surface area contributed by atoms with Gasteiger partial charge in [0, 0.05) is 30.9 Å². The highest BCUT2D eigenvalue weighted by Gasteiger charge is 2.25. The minimum atomic E-state index is -0.812. The second kappa shape index (κ2) is 8.07. The number of pyridine rings is 1. The van der Waals surface area contributed by atoms with Crippen LogP contribution < -0.4 is 5.32 Å². The van der Waals surface area contributed by atoms with Gasteiger partial charge in [0.05, 0.1) is 5.52 Å². The van der Waals surface area contributed by atoms with Crippen LogP contribution in [0.15, 0.2) is 72.0 Å². The largest absolute Gasteiger partial charge is 0.314 e. The standard InChI is InChI=1S/C23H25FN4/c1-16-6-3-4-13-28(16)23(25-2)21-10-9-17-7-5-8-19(22(17)27-21)14-18-11-12-26-15-20(18)24/h3-10,13,18,20,26H,1,11-12,14-15H2,2H3/b25-23-/t18-,20-/m1/s1. The summed E-state index contributed by atoms with van der Waals surface area (Å²) < 4.78 is 14.3. The lowest BCUT2D eigenvalue weighted by Crippen LogP contribution is -2.38. The molecule has 0 radical (unpaired) electrons. The normalized spacial score (nSPS) is 22.9. The molecule has 1 aromatic heterocycles. The van der Waals surface area contributed by atoms with E-state index in [1.807, 2.05) is 41.5 Å². The lowest BCUT2D eigenvalue weighted by Gasteiger charge is -2.27. The van der Waals surface area contributed by atoms with Gasteiger partial charge < -0.3 is 10.2 Å². The summed E-state index contributed by atoms with van der Waals surface area (Å²) in [5.74, 6) is 0.777. The number of piperidine rings is 1. The lowest BCUT2D eigenvalue weighted by atomic mass is 9.88. The molecule has 2 aliphatic heterocycles. The Kier molecular flexibility index (Phi) is 5.35. The Bertz CT molecular complexity index is 976. The van der Waals surface area contributed by atoms with Gasteiger partial charge >= 0.3 is 0 Å². The molecule has 5 heteroatoms. The Morgan fingerprint density at radius 1 is 1.32 bits per heavy atom. The minimum absolute atomic E-state index is 0.0339. The molecular weight excluding hydrogens is 351 g/mol. The van der Waals surface area contributed by atoms with Gasteiger partial charge in [0.2, 0.25) is 0 Å². The molecule has 4 nitrogen and oxygen atoms in total. The van der Waals surface area contributed by atoms with Crippen molar-refractivity contribution >= 4 is 16.7 Å². The molecule has 1 N–H and O–H groups in total. The van der Waals surface area contributed by atoms with E-state index in [2.05, 4.69) is 35.1 Å². The number of benzene rings is 1. The number of para-hydroxylation sites is 1. The van der Waals surface area contributed by atoms with E-state index in [0.29, 0.717) is 13.0 Å². The second-order valence-electron chi connectivity index (χ2n) is 7.27. The van der Waals surface area contributed by atoms with E-state index < -0.39 is 6.17 Å². The predicted molar refractivity (Wildman–Crippen MR) is 113 cm³/mol. The number of aromatic nitrogens is 1. The Morgan fingerprint density at radius 2 is 2.21 bits per heavy atom. The quantitative estimate of drug-likeness (QED) is 0.650. The van der Waals surface area contributed by atoms with Crippen LogP contribution in [0.3, 0.4) is 0 Å². The average Bonchev–Trinajstić information content (AvgIpc) is 2.72.